The molecule has 0 spiro atoms. The standard InChI is InChI=1S/C14H13NO/c1-10(2)15-14(16)13-8-7-11-5-3-4-6-12(11)9-13/h3-9H,1H2,2H3,(H,15,16). The lowest BCUT2D eigenvalue weighted by atomic mass is 10.1. The second-order valence-electron chi connectivity index (χ2n) is 3.80. The number of benzene rings is 2. The fourth-order valence-electron chi connectivity index (χ4n) is 1.60. The molecule has 0 radical (unpaired) electrons. The Hall–Kier alpha value is -2.09. The minimum absolute atomic E-state index is 0.113. The SMILES string of the molecule is C=C(C)NC(=O)c1ccc2ccccc2c1. The zero-order chi connectivity index (χ0) is 11.5. The van der Waals surface area contributed by atoms with Crippen molar-refractivity contribution in [2.24, 2.45) is 0 Å². The van der Waals surface area contributed by atoms with E-state index in [1.807, 2.05) is 42.5 Å². The van der Waals surface area contributed by atoms with Crippen molar-refractivity contribution in [2.75, 3.05) is 0 Å². The third-order valence-corrected chi connectivity index (χ3v) is 2.34. The summed E-state index contributed by atoms with van der Waals surface area (Å²) >= 11 is 0. The van der Waals surface area contributed by atoms with Crippen molar-refractivity contribution in [1.29, 1.82) is 0 Å². The maximum Gasteiger partial charge on any atom is 0.255 e. The van der Waals surface area contributed by atoms with E-state index >= 15 is 0 Å². The number of carbonyl (C=O) groups is 1. The molecule has 80 valence electrons. The van der Waals surface area contributed by atoms with Crippen molar-refractivity contribution in [1.82, 2.24) is 5.32 Å². The topological polar surface area (TPSA) is 29.1 Å². The van der Waals surface area contributed by atoms with Crippen molar-refractivity contribution < 1.29 is 4.79 Å². The molecule has 0 aliphatic heterocycles. The third kappa shape index (κ3) is 2.11. The van der Waals surface area contributed by atoms with E-state index in [9.17, 15) is 4.79 Å². The maximum absolute atomic E-state index is 11.7. The molecular weight excluding hydrogens is 198 g/mol. The molecule has 2 nitrogen and oxygen atoms in total. The first-order chi connectivity index (χ1) is 7.66. The summed E-state index contributed by atoms with van der Waals surface area (Å²) in [5, 5.41) is 4.89. The van der Waals surface area contributed by atoms with Gasteiger partial charge in [-0.2, -0.15) is 0 Å². The highest BCUT2D eigenvalue weighted by Gasteiger charge is 2.05. The van der Waals surface area contributed by atoms with Crippen LogP contribution in [0.25, 0.3) is 10.8 Å². The van der Waals surface area contributed by atoms with Crippen LogP contribution in [0.3, 0.4) is 0 Å². The summed E-state index contributed by atoms with van der Waals surface area (Å²) in [6, 6.07) is 13.6. The van der Waals surface area contributed by atoms with E-state index in [1.165, 1.54) is 0 Å². The van der Waals surface area contributed by atoms with Gasteiger partial charge in [0.15, 0.2) is 0 Å². The summed E-state index contributed by atoms with van der Waals surface area (Å²) in [5.74, 6) is -0.113. The van der Waals surface area contributed by atoms with Crippen LogP contribution in [0.2, 0.25) is 0 Å². The molecule has 1 N–H and O–H groups in total. The van der Waals surface area contributed by atoms with Crippen LogP contribution < -0.4 is 5.32 Å². The molecule has 0 saturated heterocycles. The number of hydrogen-bond acceptors (Lipinski definition) is 1. The Morgan fingerprint density at radius 3 is 2.50 bits per heavy atom. The average Bonchev–Trinajstić information content (AvgIpc) is 2.27. The normalized spacial score (nSPS) is 10.1. The van der Waals surface area contributed by atoms with E-state index in [2.05, 4.69) is 11.9 Å². The summed E-state index contributed by atoms with van der Waals surface area (Å²) in [5.41, 5.74) is 1.31. The highest BCUT2D eigenvalue weighted by Crippen LogP contribution is 2.15. The van der Waals surface area contributed by atoms with Gasteiger partial charge >= 0.3 is 0 Å². The smallest absolute Gasteiger partial charge is 0.255 e. The van der Waals surface area contributed by atoms with Gasteiger partial charge in [0.1, 0.15) is 0 Å². The Labute approximate surface area is 94.6 Å². The van der Waals surface area contributed by atoms with Crippen LogP contribution in [-0.2, 0) is 0 Å². The Kier molecular flexibility index (Phi) is 2.73. The monoisotopic (exact) mass is 211 g/mol. The van der Waals surface area contributed by atoms with Gasteiger partial charge in [-0.3, -0.25) is 4.79 Å². The molecule has 2 aromatic carbocycles. The van der Waals surface area contributed by atoms with Gasteiger partial charge in [0.05, 0.1) is 0 Å². The largest absolute Gasteiger partial charge is 0.327 e. The minimum Gasteiger partial charge on any atom is -0.327 e. The molecule has 2 rings (SSSR count). The van der Waals surface area contributed by atoms with Crippen molar-refractivity contribution in [2.45, 2.75) is 6.92 Å². The first-order valence-electron chi connectivity index (χ1n) is 5.12. The van der Waals surface area contributed by atoms with Crippen LogP contribution in [-0.4, -0.2) is 5.91 Å². The molecule has 0 fully saturated rings. The highest BCUT2D eigenvalue weighted by molar-refractivity contribution is 5.99. The van der Waals surface area contributed by atoms with Crippen LogP contribution in [0.15, 0.2) is 54.7 Å². The predicted octanol–water partition coefficient (Wildman–Crippen LogP) is 3.10. The van der Waals surface area contributed by atoms with Crippen molar-refractivity contribution in [3.63, 3.8) is 0 Å². The second-order valence-corrected chi connectivity index (χ2v) is 3.80. The van der Waals surface area contributed by atoms with Gasteiger partial charge in [0.2, 0.25) is 0 Å². The van der Waals surface area contributed by atoms with E-state index in [1.54, 1.807) is 6.92 Å². The molecule has 0 bridgehead atoms. The van der Waals surface area contributed by atoms with E-state index < -0.39 is 0 Å². The summed E-state index contributed by atoms with van der Waals surface area (Å²) in [4.78, 5) is 11.7. The summed E-state index contributed by atoms with van der Waals surface area (Å²) in [7, 11) is 0. The van der Waals surface area contributed by atoms with Gasteiger partial charge in [0, 0.05) is 11.3 Å². The number of fused-ring (bicyclic) bond motifs is 1. The molecule has 0 saturated carbocycles. The lowest BCUT2D eigenvalue weighted by molar-refractivity contribution is 0.0966. The summed E-state index contributed by atoms with van der Waals surface area (Å²) in [6.07, 6.45) is 0. The number of amides is 1. The first kappa shape index (κ1) is 10.4. The summed E-state index contributed by atoms with van der Waals surface area (Å²) in [6.45, 7) is 5.41. The zero-order valence-electron chi connectivity index (χ0n) is 9.16. The predicted molar refractivity (Wildman–Crippen MR) is 66.2 cm³/mol. The summed E-state index contributed by atoms with van der Waals surface area (Å²) < 4.78 is 0. The van der Waals surface area contributed by atoms with Crippen LogP contribution in [0.4, 0.5) is 0 Å². The molecule has 2 aromatic rings. The molecule has 0 unspecified atom stereocenters. The van der Waals surface area contributed by atoms with Gasteiger partial charge in [-0.25, -0.2) is 0 Å². The quantitative estimate of drug-likeness (QED) is 0.812. The Bertz CT molecular complexity index is 557. The second kappa shape index (κ2) is 4.19. The molecule has 2 heteroatoms. The zero-order valence-corrected chi connectivity index (χ0v) is 9.16. The van der Waals surface area contributed by atoms with Crippen molar-refractivity contribution >= 4 is 16.7 Å². The number of allylic oxidation sites excluding steroid dienone is 1. The Balaban J connectivity index is 2.39. The van der Waals surface area contributed by atoms with Gasteiger partial charge in [0.25, 0.3) is 5.91 Å². The molecule has 0 aliphatic rings. The number of nitrogens with one attached hydrogen (secondary N) is 1. The van der Waals surface area contributed by atoms with Gasteiger partial charge in [-0.05, 0) is 29.8 Å². The van der Waals surface area contributed by atoms with Gasteiger partial charge < -0.3 is 5.32 Å². The highest BCUT2D eigenvalue weighted by atomic mass is 16.1. The molecule has 1 amide bonds. The molecule has 16 heavy (non-hydrogen) atoms. The fourth-order valence-corrected chi connectivity index (χ4v) is 1.60. The minimum atomic E-state index is -0.113. The van der Waals surface area contributed by atoms with E-state index in [0.29, 0.717) is 11.3 Å². The molecule has 0 atom stereocenters. The van der Waals surface area contributed by atoms with E-state index in [4.69, 9.17) is 0 Å². The number of rotatable bonds is 2. The fraction of sp³-hybridized carbons (Fsp3) is 0.0714. The van der Waals surface area contributed by atoms with Crippen LogP contribution in [0.5, 0.6) is 0 Å². The van der Waals surface area contributed by atoms with Crippen LogP contribution in [0.1, 0.15) is 17.3 Å². The van der Waals surface area contributed by atoms with Crippen molar-refractivity contribution in [3.05, 3.63) is 60.3 Å². The van der Waals surface area contributed by atoms with E-state index in [-0.39, 0.29) is 5.91 Å². The van der Waals surface area contributed by atoms with Crippen LogP contribution in [0, 0.1) is 0 Å². The van der Waals surface area contributed by atoms with Gasteiger partial charge in [-0.1, -0.05) is 36.9 Å². The molecule has 0 heterocycles. The van der Waals surface area contributed by atoms with Gasteiger partial charge in [-0.15, -0.1) is 0 Å². The number of hydrogen-bond donors (Lipinski definition) is 1. The average molecular weight is 211 g/mol. The molecular formula is C14H13NO. The Morgan fingerprint density at radius 2 is 1.81 bits per heavy atom. The molecule has 0 aromatic heterocycles. The van der Waals surface area contributed by atoms with Crippen molar-refractivity contribution in [3.8, 4) is 0 Å². The maximum atomic E-state index is 11.7. The Morgan fingerprint density at radius 1 is 1.12 bits per heavy atom. The lowest BCUT2D eigenvalue weighted by Crippen LogP contribution is -2.20. The molecule has 0 aliphatic carbocycles. The first-order valence-corrected chi connectivity index (χ1v) is 5.12. The lowest BCUT2D eigenvalue weighted by Gasteiger charge is -2.05. The number of carbonyl (C=O) groups excluding carboxylic acids is 1. The third-order valence-electron chi connectivity index (χ3n) is 2.34. The van der Waals surface area contributed by atoms with E-state index in [0.717, 1.165) is 10.8 Å². The van der Waals surface area contributed by atoms with Crippen LogP contribution >= 0.6 is 0 Å².